The van der Waals surface area contributed by atoms with Gasteiger partial charge in [0, 0.05) is 86.7 Å². The average molecular weight is 962 g/mol. The summed E-state index contributed by atoms with van der Waals surface area (Å²) < 4.78 is 22.6. The number of rotatable bonds is 18. The van der Waals surface area contributed by atoms with Crippen molar-refractivity contribution in [2.75, 3.05) is 89.4 Å². The number of anilines is 2. The topological polar surface area (TPSA) is 292 Å². The number of fused-ring (bicyclic) bond motifs is 4. The molecule has 23 nitrogen and oxygen atoms in total. The predicted octanol–water partition coefficient (Wildman–Crippen LogP) is 2.90. The van der Waals surface area contributed by atoms with E-state index in [1.54, 1.807) is 0 Å². The Labute approximate surface area is 397 Å². The van der Waals surface area contributed by atoms with E-state index in [9.17, 15) is 49.0 Å². The highest BCUT2D eigenvalue weighted by Gasteiger charge is 2.62. The third-order valence-electron chi connectivity index (χ3n) is 14.6. The van der Waals surface area contributed by atoms with Crippen molar-refractivity contribution < 1.29 is 57.6 Å². The second kappa shape index (κ2) is 22.4. The normalized spacial score (nSPS) is 28.3. The molecule has 2 aromatic carbocycles. The Kier molecular flexibility index (Phi) is 16.0. The van der Waals surface area contributed by atoms with Crippen LogP contribution in [-0.2, 0) is 38.1 Å². The number of imide groups is 1. The second-order valence-electron chi connectivity index (χ2n) is 18.7. The van der Waals surface area contributed by atoms with E-state index in [0.29, 0.717) is 65.2 Å². The van der Waals surface area contributed by atoms with Gasteiger partial charge in [0.1, 0.15) is 12.2 Å². The lowest BCUT2D eigenvalue weighted by molar-refractivity contribution is -0.385. The number of carbonyl (C=O) groups is 6. The number of non-ortho nitro benzene ring substituents is 2. The maximum Gasteiger partial charge on any atom is 0.411 e. The predicted molar refractivity (Wildman–Crippen MR) is 243 cm³/mol. The third-order valence-corrected chi connectivity index (χ3v) is 14.6. The summed E-state index contributed by atoms with van der Waals surface area (Å²) in [5.41, 5.74) is 0.160. The van der Waals surface area contributed by atoms with Crippen molar-refractivity contribution in [3.63, 3.8) is 0 Å². The van der Waals surface area contributed by atoms with Crippen LogP contribution < -0.4 is 26.6 Å². The number of hydrogen-bond donors (Lipinski definition) is 5. The molecule has 0 spiro atoms. The average Bonchev–Trinajstić information content (AvgIpc) is 4.13. The number of carbonyl (C=O) groups excluding carboxylic acids is 6. The van der Waals surface area contributed by atoms with Gasteiger partial charge >= 0.3 is 12.2 Å². The standard InChI is InChI=1S/C46H59N9O14/c56-41(47-11-1-13-52-15-19-66-20-16-52)37-27-23-33(35(25-27)68-45(60)49-29-3-7-31(8-4-29)54(62)63)39(37)43(58)51-44(59)40-34-24-28(38(40)42(57)48-12-2-14-53-17-21-67-22-18-53)26-36(34)69-46(61)50-30-5-9-32(10-6-30)55(64)65/h3-10,27-28,33-40H,1-2,11-26H2,(H,47,56)(H,48,57)(H,49,60)(H,50,61)(H,51,58,59). The van der Waals surface area contributed by atoms with E-state index in [1.165, 1.54) is 48.5 Å². The van der Waals surface area contributed by atoms with Gasteiger partial charge in [0.15, 0.2) is 0 Å². The molecular weight excluding hydrogens is 903 g/mol. The number of nitrogens with zero attached hydrogens (tertiary/aromatic N) is 4. The minimum absolute atomic E-state index is 0.166. The van der Waals surface area contributed by atoms with Gasteiger partial charge in [-0.05, 0) is 87.7 Å². The number of nitro benzene ring substituents is 2. The van der Waals surface area contributed by atoms with E-state index >= 15 is 0 Å². The zero-order chi connectivity index (χ0) is 48.6. The first kappa shape index (κ1) is 49.1. The van der Waals surface area contributed by atoms with Crippen LogP contribution in [0.1, 0.15) is 38.5 Å². The fourth-order valence-corrected chi connectivity index (χ4v) is 11.4. The number of ether oxygens (including phenoxy) is 4. The molecular formula is C46H59N9O14. The van der Waals surface area contributed by atoms with Crippen molar-refractivity contribution in [3.05, 3.63) is 68.8 Å². The van der Waals surface area contributed by atoms with Gasteiger partial charge in [-0.25, -0.2) is 9.59 Å². The zero-order valence-corrected chi connectivity index (χ0v) is 38.1. The molecule has 5 N–H and O–H groups in total. The highest BCUT2D eigenvalue weighted by molar-refractivity contribution is 6.02. The first-order chi connectivity index (χ1) is 33.3. The number of nitrogens with one attached hydrogen (secondary N) is 5. The summed E-state index contributed by atoms with van der Waals surface area (Å²) in [5, 5.41) is 36.0. The van der Waals surface area contributed by atoms with Crippen molar-refractivity contribution >= 4 is 58.6 Å². The van der Waals surface area contributed by atoms with Gasteiger partial charge in [0.2, 0.25) is 23.6 Å². The Bertz CT molecular complexity index is 2070. The molecule has 2 saturated heterocycles. The number of amides is 6. The largest absolute Gasteiger partial charge is 0.446 e. The van der Waals surface area contributed by atoms with Crippen molar-refractivity contribution in [2.45, 2.75) is 50.7 Å². The molecule has 4 bridgehead atoms. The molecule has 2 heterocycles. The fourth-order valence-electron chi connectivity index (χ4n) is 11.4. The van der Waals surface area contributed by atoms with Crippen LogP contribution in [0.2, 0.25) is 0 Å². The highest BCUT2D eigenvalue weighted by atomic mass is 16.6. The summed E-state index contributed by atoms with van der Waals surface area (Å²) in [6, 6.07) is 10.4. The molecule has 0 radical (unpaired) electrons. The molecule has 2 aromatic rings. The lowest BCUT2D eigenvalue weighted by Crippen LogP contribution is -2.54. The number of benzene rings is 2. The Morgan fingerprint density at radius 3 is 1.29 bits per heavy atom. The Hall–Kier alpha value is -6.30. The number of nitro groups is 2. The third kappa shape index (κ3) is 11.9. The first-order valence-corrected chi connectivity index (χ1v) is 23.8. The van der Waals surface area contributed by atoms with Gasteiger partial charge in [0.25, 0.3) is 11.4 Å². The van der Waals surface area contributed by atoms with E-state index in [4.69, 9.17) is 18.9 Å². The van der Waals surface area contributed by atoms with Crippen LogP contribution in [0, 0.1) is 67.6 Å². The van der Waals surface area contributed by atoms with E-state index in [0.717, 1.165) is 39.3 Å². The molecule has 0 aromatic heterocycles. The van der Waals surface area contributed by atoms with Crippen LogP contribution >= 0.6 is 0 Å². The zero-order valence-electron chi connectivity index (χ0n) is 38.1. The van der Waals surface area contributed by atoms with Crippen LogP contribution in [0.15, 0.2) is 48.5 Å². The Morgan fingerprint density at radius 1 is 0.551 bits per heavy atom. The van der Waals surface area contributed by atoms with Crippen LogP contribution in [0.3, 0.4) is 0 Å². The molecule has 10 unspecified atom stereocenters. The molecule has 10 atom stereocenters. The first-order valence-electron chi connectivity index (χ1n) is 23.8. The summed E-state index contributed by atoms with van der Waals surface area (Å²) in [6.45, 7) is 7.90. The van der Waals surface area contributed by atoms with E-state index in [2.05, 4.69) is 36.4 Å². The minimum Gasteiger partial charge on any atom is -0.446 e. The lowest BCUT2D eigenvalue weighted by atomic mass is 9.75. The van der Waals surface area contributed by atoms with Crippen molar-refractivity contribution in [3.8, 4) is 0 Å². The van der Waals surface area contributed by atoms with Crippen LogP contribution in [0.4, 0.5) is 32.3 Å². The molecule has 6 aliphatic rings. The summed E-state index contributed by atoms with van der Waals surface area (Å²) in [4.78, 5) is 109. The SMILES string of the molecule is O=C(Nc1ccc([N+](=O)[O-])cc1)OC1CC2CC1C(C(=O)NC(=O)C1C3CC(CC3OC(=O)Nc3ccc([N+](=O)[O-])cc3)C1C(=O)NCCCN1CCOCC1)C2C(=O)NCCCN1CCOCC1. The monoisotopic (exact) mass is 961 g/mol. The van der Waals surface area contributed by atoms with Gasteiger partial charge in [-0.1, -0.05) is 0 Å². The summed E-state index contributed by atoms with van der Waals surface area (Å²) in [7, 11) is 0. The quantitative estimate of drug-likeness (QED) is 0.0621. The van der Waals surface area contributed by atoms with Crippen molar-refractivity contribution in [1.29, 1.82) is 0 Å². The Balaban J connectivity index is 0.963. The maximum atomic E-state index is 14.6. The maximum absolute atomic E-state index is 14.6. The summed E-state index contributed by atoms with van der Waals surface area (Å²) >= 11 is 0. The van der Waals surface area contributed by atoms with E-state index < -0.39 is 81.6 Å². The van der Waals surface area contributed by atoms with Gasteiger partial charge in [-0.15, -0.1) is 0 Å². The smallest absolute Gasteiger partial charge is 0.411 e. The molecule has 6 amide bonds. The van der Waals surface area contributed by atoms with E-state index in [1.807, 2.05) is 0 Å². The second-order valence-corrected chi connectivity index (χ2v) is 18.7. The summed E-state index contributed by atoms with van der Waals surface area (Å²) in [5.74, 6) is -8.13. The van der Waals surface area contributed by atoms with Gasteiger partial charge < -0.3 is 29.6 Å². The molecule has 2 aliphatic heterocycles. The summed E-state index contributed by atoms with van der Waals surface area (Å²) in [6.07, 6.45) is -0.737. The van der Waals surface area contributed by atoms with E-state index in [-0.39, 0.29) is 59.2 Å². The molecule has 6 fully saturated rings. The molecule has 23 heteroatoms. The highest BCUT2D eigenvalue weighted by Crippen LogP contribution is 2.55. The molecule has 8 rings (SSSR count). The van der Waals surface area contributed by atoms with Crippen LogP contribution in [0.25, 0.3) is 0 Å². The molecule has 4 saturated carbocycles. The van der Waals surface area contributed by atoms with Gasteiger partial charge in [0.05, 0.1) is 59.9 Å². The van der Waals surface area contributed by atoms with Crippen LogP contribution in [-0.4, -0.2) is 146 Å². The number of hydrogen-bond acceptors (Lipinski definition) is 16. The molecule has 69 heavy (non-hydrogen) atoms. The fraction of sp³-hybridized carbons (Fsp3) is 0.609. The minimum atomic E-state index is -1.09. The molecule has 372 valence electrons. The van der Waals surface area contributed by atoms with Crippen molar-refractivity contribution in [1.82, 2.24) is 25.8 Å². The van der Waals surface area contributed by atoms with Gasteiger partial charge in [-0.3, -0.25) is 65.2 Å². The van der Waals surface area contributed by atoms with Crippen molar-refractivity contribution in [2.24, 2.45) is 47.3 Å². The number of morpholine rings is 2. The lowest BCUT2D eigenvalue weighted by Gasteiger charge is -2.36. The van der Waals surface area contributed by atoms with Crippen LogP contribution in [0.5, 0.6) is 0 Å². The Morgan fingerprint density at radius 2 is 0.928 bits per heavy atom. The molecule has 4 aliphatic carbocycles. The van der Waals surface area contributed by atoms with Gasteiger partial charge in [-0.2, -0.15) is 0 Å².